The van der Waals surface area contributed by atoms with Gasteiger partial charge in [0.25, 0.3) is 0 Å². The van der Waals surface area contributed by atoms with Crippen molar-refractivity contribution in [3.05, 3.63) is 27.8 Å². The zero-order valence-electron chi connectivity index (χ0n) is 16.5. The third kappa shape index (κ3) is 4.73. The Morgan fingerprint density at radius 2 is 1.39 bits per heavy atom. The van der Waals surface area contributed by atoms with E-state index < -0.39 is 0 Å². The van der Waals surface area contributed by atoms with E-state index in [1.54, 1.807) is 0 Å². The van der Waals surface area contributed by atoms with Gasteiger partial charge in [-0.05, 0) is 74.1 Å². The molecule has 2 N–H and O–H groups in total. The molecule has 1 aromatic rings. The molecule has 0 heterocycles. The van der Waals surface area contributed by atoms with Gasteiger partial charge in [-0.1, -0.05) is 34.6 Å². The van der Waals surface area contributed by atoms with E-state index in [1.165, 1.54) is 27.8 Å². The fourth-order valence-corrected chi connectivity index (χ4v) is 3.39. The second-order valence-electron chi connectivity index (χ2n) is 7.59. The second-order valence-corrected chi connectivity index (χ2v) is 7.59. The van der Waals surface area contributed by atoms with Gasteiger partial charge in [0, 0.05) is 11.6 Å². The molecule has 1 rings (SSSR count). The van der Waals surface area contributed by atoms with Crippen LogP contribution < -0.4 is 10.5 Å². The fourth-order valence-electron chi connectivity index (χ4n) is 3.39. The summed E-state index contributed by atoms with van der Waals surface area (Å²) in [4.78, 5) is 0. The Hall–Kier alpha value is -1.02. The van der Waals surface area contributed by atoms with Crippen molar-refractivity contribution in [1.82, 2.24) is 0 Å². The summed E-state index contributed by atoms with van der Waals surface area (Å²) in [7, 11) is 0. The highest BCUT2D eigenvalue weighted by Crippen LogP contribution is 2.40. The average Bonchev–Trinajstić information content (AvgIpc) is 2.47. The lowest BCUT2D eigenvalue weighted by molar-refractivity contribution is 0.327. The summed E-state index contributed by atoms with van der Waals surface area (Å²) in [5.74, 6) is 2.32. The smallest absolute Gasteiger partial charge is 0.127 e. The quantitative estimate of drug-likeness (QED) is 0.685. The summed E-state index contributed by atoms with van der Waals surface area (Å²) in [5, 5.41) is 0. The lowest BCUT2D eigenvalue weighted by atomic mass is 9.82. The topological polar surface area (TPSA) is 35.2 Å². The van der Waals surface area contributed by atoms with Crippen LogP contribution in [0.2, 0.25) is 0 Å². The van der Waals surface area contributed by atoms with Gasteiger partial charge in [0.05, 0.1) is 6.61 Å². The van der Waals surface area contributed by atoms with Gasteiger partial charge in [0.1, 0.15) is 5.75 Å². The number of ether oxygens (including phenoxy) is 1. The summed E-state index contributed by atoms with van der Waals surface area (Å²) in [6.07, 6.45) is 3.10. The van der Waals surface area contributed by atoms with Crippen LogP contribution in [0.15, 0.2) is 0 Å². The molecule has 0 aliphatic carbocycles. The maximum absolute atomic E-state index is 6.47. The molecule has 0 aromatic heterocycles. The Balaban J connectivity index is 3.70. The van der Waals surface area contributed by atoms with Crippen molar-refractivity contribution >= 4 is 0 Å². The SMILES string of the molecule is CCOc1c(CC(C)C)c(CC(C)C)c(C)c(C)c1C(N)CC. The Labute approximate surface area is 143 Å². The first kappa shape index (κ1) is 20.0. The molecule has 0 fully saturated rings. The summed E-state index contributed by atoms with van der Waals surface area (Å²) in [6, 6.07) is 0.0502. The van der Waals surface area contributed by atoms with Crippen molar-refractivity contribution in [2.75, 3.05) is 6.61 Å². The Bertz CT molecular complexity index is 517. The van der Waals surface area contributed by atoms with E-state index in [4.69, 9.17) is 10.5 Å². The van der Waals surface area contributed by atoms with Crippen molar-refractivity contribution in [3.63, 3.8) is 0 Å². The zero-order valence-corrected chi connectivity index (χ0v) is 16.5. The molecule has 1 atom stereocenters. The highest BCUT2D eigenvalue weighted by Gasteiger charge is 2.24. The molecule has 1 unspecified atom stereocenters. The van der Waals surface area contributed by atoms with Crippen molar-refractivity contribution in [2.45, 2.75) is 80.7 Å². The van der Waals surface area contributed by atoms with Crippen LogP contribution in [0.3, 0.4) is 0 Å². The van der Waals surface area contributed by atoms with Crippen molar-refractivity contribution in [3.8, 4) is 5.75 Å². The molecule has 23 heavy (non-hydrogen) atoms. The Kier molecular flexibility index (Phi) is 7.60. The maximum atomic E-state index is 6.47. The lowest BCUT2D eigenvalue weighted by Crippen LogP contribution is -2.18. The molecule has 0 bridgehead atoms. The van der Waals surface area contributed by atoms with E-state index in [2.05, 4.69) is 55.4 Å². The molecular formula is C21H37NO. The van der Waals surface area contributed by atoms with E-state index in [0.717, 1.165) is 25.0 Å². The molecule has 0 spiro atoms. The molecule has 0 radical (unpaired) electrons. The van der Waals surface area contributed by atoms with E-state index >= 15 is 0 Å². The number of hydrogen-bond acceptors (Lipinski definition) is 2. The predicted molar refractivity (Wildman–Crippen MR) is 101 cm³/mol. The molecule has 132 valence electrons. The first-order valence-corrected chi connectivity index (χ1v) is 9.27. The highest BCUT2D eigenvalue weighted by molar-refractivity contribution is 5.56. The monoisotopic (exact) mass is 319 g/mol. The minimum absolute atomic E-state index is 0.0502. The molecule has 1 aromatic carbocycles. The van der Waals surface area contributed by atoms with Gasteiger partial charge < -0.3 is 10.5 Å². The molecule has 2 nitrogen and oxygen atoms in total. The van der Waals surface area contributed by atoms with Crippen LogP contribution in [0.4, 0.5) is 0 Å². The molecule has 0 aliphatic heterocycles. The summed E-state index contributed by atoms with van der Waals surface area (Å²) < 4.78 is 6.17. The van der Waals surface area contributed by atoms with Gasteiger partial charge in [0.2, 0.25) is 0 Å². The predicted octanol–water partition coefficient (Wildman–Crippen LogP) is 5.51. The van der Waals surface area contributed by atoms with Crippen molar-refractivity contribution in [2.24, 2.45) is 17.6 Å². The van der Waals surface area contributed by atoms with Gasteiger partial charge in [0.15, 0.2) is 0 Å². The number of nitrogens with two attached hydrogens (primary N) is 1. The van der Waals surface area contributed by atoms with Crippen LogP contribution in [-0.2, 0) is 12.8 Å². The van der Waals surface area contributed by atoms with Crippen LogP contribution in [0.5, 0.6) is 5.75 Å². The summed E-state index contributed by atoms with van der Waals surface area (Å²) >= 11 is 0. The normalized spacial score (nSPS) is 13.0. The van der Waals surface area contributed by atoms with Gasteiger partial charge in [-0.15, -0.1) is 0 Å². The largest absolute Gasteiger partial charge is 0.493 e. The minimum atomic E-state index is 0.0502. The van der Waals surface area contributed by atoms with Crippen LogP contribution in [0.25, 0.3) is 0 Å². The van der Waals surface area contributed by atoms with Crippen molar-refractivity contribution < 1.29 is 4.74 Å². The summed E-state index contributed by atoms with van der Waals surface area (Å²) in [6.45, 7) is 18.5. The second kappa shape index (κ2) is 8.73. The van der Waals surface area contributed by atoms with Crippen molar-refractivity contribution in [1.29, 1.82) is 0 Å². The van der Waals surface area contributed by atoms with Gasteiger partial charge in [-0.2, -0.15) is 0 Å². The zero-order chi connectivity index (χ0) is 17.7. The number of rotatable bonds is 8. The van der Waals surface area contributed by atoms with Gasteiger partial charge in [-0.25, -0.2) is 0 Å². The average molecular weight is 320 g/mol. The minimum Gasteiger partial charge on any atom is -0.493 e. The lowest BCUT2D eigenvalue weighted by Gasteiger charge is -2.28. The third-order valence-corrected chi connectivity index (χ3v) is 4.63. The van der Waals surface area contributed by atoms with Gasteiger partial charge >= 0.3 is 0 Å². The molecule has 0 saturated heterocycles. The summed E-state index contributed by atoms with van der Waals surface area (Å²) in [5.41, 5.74) is 13.3. The number of hydrogen-bond donors (Lipinski definition) is 1. The van der Waals surface area contributed by atoms with Crippen LogP contribution in [-0.4, -0.2) is 6.61 Å². The molecule has 2 heteroatoms. The highest BCUT2D eigenvalue weighted by atomic mass is 16.5. The van der Waals surface area contributed by atoms with E-state index in [0.29, 0.717) is 18.4 Å². The molecular weight excluding hydrogens is 282 g/mol. The maximum Gasteiger partial charge on any atom is 0.127 e. The van der Waals surface area contributed by atoms with Crippen LogP contribution in [0, 0.1) is 25.7 Å². The van der Waals surface area contributed by atoms with E-state index in [9.17, 15) is 0 Å². The Morgan fingerprint density at radius 1 is 0.870 bits per heavy atom. The van der Waals surface area contributed by atoms with Gasteiger partial charge in [-0.3, -0.25) is 0 Å². The third-order valence-electron chi connectivity index (χ3n) is 4.63. The molecule has 0 amide bonds. The first-order chi connectivity index (χ1) is 10.7. The Morgan fingerprint density at radius 3 is 1.83 bits per heavy atom. The molecule has 0 saturated carbocycles. The standard InChI is InChI=1S/C21H37NO/c1-9-19(22)20-16(8)15(7)17(11-13(3)4)18(12-14(5)6)21(20)23-10-2/h13-14,19H,9-12,22H2,1-8H3. The van der Waals surface area contributed by atoms with Crippen LogP contribution in [0.1, 0.15) is 81.8 Å². The van der Waals surface area contributed by atoms with Crippen LogP contribution >= 0.6 is 0 Å². The number of benzene rings is 1. The van der Waals surface area contributed by atoms with E-state index in [-0.39, 0.29) is 6.04 Å². The first-order valence-electron chi connectivity index (χ1n) is 9.27. The fraction of sp³-hybridized carbons (Fsp3) is 0.714. The van der Waals surface area contributed by atoms with E-state index in [1.807, 2.05) is 0 Å². The molecule has 0 aliphatic rings.